The fourth-order valence-corrected chi connectivity index (χ4v) is 4.13. The van der Waals surface area contributed by atoms with Crippen molar-refractivity contribution in [2.24, 2.45) is 5.73 Å². The summed E-state index contributed by atoms with van der Waals surface area (Å²) in [5.41, 5.74) is 5.28. The van der Waals surface area contributed by atoms with Crippen LogP contribution in [0.3, 0.4) is 0 Å². The maximum atomic E-state index is 11.1. The number of primary amides is 1. The maximum Gasteiger partial charge on any atom is 0.236 e. The average Bonchev–Trinajstić information content (AvgIpc) is 2.12. The molecule has 0 bridgehead atoms. The molecule has 90 valence electrons. The van der Waals surface area contributed by atoms with Gasteiger partial charge in [-0.3, -0.25) is 9.52 Å². The lowest BCUT2D eigenvalue weighted by Gasteiger charge is -2.30. The van der Waals surface area contributed by atoms with E-state index in [1.165, 1.54) is 0 Å². The molecular formula is C8H19N3OS3. The van der Waals surface area contributed by atoms with Crippen molar-refractivity contribution in [3.8, 4) is 0 Å². The molecule has 0 radical (unpaired) electrons. The number of rotatable bonds is 8. The maximum absolute atomic E-state index is 11.1. The van der Waals surface area contributed by atoms with Crippen molar-refractivity contribution < 1.29 is 4.79 Å². The first-order valence-corrected chi connectivity index (χ1v) is 7.36. The molecule has 4 nitrogen and oxygen atoms in total. The van der Waals surface area contributed by atoms with Gasteiger partial charge in [0.15, 0.2) is 0 Å². The van der Waals surface area contributed by atoms with Gasteiger partial charge in [0.05, 0.1) is 0 Å². The molecule has 0 rings (SSSR count). The van der Waals surface area contributed by atoms with Crippen molar-refractivity contribution in [1.82, 2.24) is 10.0 Å². The van der Waals surface area contributed by atoms with Gasteiger partial charge >= 0.3 is 0 Å². The molecule has 0 fully saturated rings. The topological polar surface area (TPSA) is 67.2 Å². The summed E-state index contributed by atoms with van der Waals surface area (Å²) in [6, 6.07) is -0.437. The molecule has 15 heavy (non-hydrogen) atoms. The number of carbonyl (C=O) groups is 1. The predicted molar refractivity (Wildman–Crippen MR) is 73.2 cm³/mol. The van der Waals surface area contributed by atoms with E-state index < -0.39 is 6.04 Å². The molecule has 1 atom stereocenters. The first-order chi connectivity index (χ1) is 6.95. The highest BCUT2D eigenvalue weighted by Gasteiger charge is 2.33. The van der Waals surface area contributed by atoms with Crippen molar-refractivity contribution >= 4 is 40.3 Å². The van der Waals surface area contributed by atoms with E-state index in [0.717, 1.165) is 12.3 Å². The summed E-state index contributed by atoms with van der Waals surface area (Å²) < 4.78 is 2.38. The van der Waals surface area contributed by atoms with Crippen LogP contribution in [0.25, 0.3) is 0 Å². The molecule has 0 aromatic carbocycles. The minimum atomic E-state index is -0.437. The van der Waals surface area contributed by atoms with Crippen LogP contribution in [0.15, 0.2) is 0 Å². The van der Waals surface area contributed by atoms with E-state index >= 15 is 0 Å². The van der Waals surface area contributed by atoms with E-state index in [-0.39, 0.29) is 10.7 Å². The van der Waals surface area contributed by atoms with Gasteiger partial charge in [-0.25, -0.2) is 0 Å². The Morgan fingerprint density at radius 2 is 2.20 bits per heavy atom. The number of hydrogen-bond acceptors (Lipinski definition) is 6. The Hall–Kier alpha value is 0.440. The van der Waals surface area contributed by atoms with Gasteiger partial charge in [0.2, 0.25) is 5.91 Å². The third-order valence-electron chi connectivity index (χ3n) is 1.82. The van der Waals surface area contributed by atoms with Crippen LogP contribution in [-0.2, 0) is 4.79 Å². The fourth-order valence-electron chi connectivity index (χ4n) is 0.947. The predicted octanol–water partition coefficient (Wildman–Crippen LogP) is 0.654. The molecule has 0 heterocycles. The SMILES string of the molecule is CNCCSSC(C)(C)[C@H](NS)C(N)=O. The molecule has 0 unspecified atom stereocenters. The van der Waals surface area contributed by atoms with Gasteiger partial charge in [-0.15, -0.1) is 0 Å². The molecule has 0 aliphatic rings. The first kappa shape index (κ1) is 15.4. The van der Waals surface area contributed by atoms with E-state index in [1.54, 1.807) is 21.6 Å². The Kier molecular flexibility index (Phi) is 7.90. The van der Waals surface area contributed by atoms with Crippen molar-refractivity contribution in [3.63, 3.8) is 0 Å². The van der Waals surface area contributed by atoms with Crippen LogP contribution in [0.5, 0.6) is 0 Å². The average molecular weight is 269 g/mol. The summed E-state index contributed by atoms with van der Waals surface area (Å²) in [6.07, 6.45) is 0. The molecule has 0 saturated carbocycles. The number of nitrogens with two attached hydrogens (primary N) is 1. The standard InChI is InChI=1S/C8H19N3OS3/c1-8(2,6(11-13)7(9)12)15-14-5-4-10-3/h6,10-11,13H,4-5H2,1-3H3,(H2,9,12)/t6-/m1/s1. The smallest absolute Gasteiger partial charge is 0.236 e. The Bertz CT molecular complexity index is 202. The summed E-state index contributed by atoms with van der Waals surface area (Å²) in [5, 5.41) is 3.06. The second-order valence-electron chi connectivity index (χ2n) is 3.58. The van der Waals surface area contributed by atoms with Gasteiger partial charge in [0.1, 0.15) is 6.04 Å². The minimum Gasteiger partial charge on any atom is -0.368 e. The number of nitrogens with one attached hydrogen (secondary N) is 2. The van der Waals surface area contributed by atoms with E-state index in [9.17, 15) is 4.79 Å². The summed E-state index contributed by atoms with van der Waals surface area (Å²) >= 11 is 3.93. The molecule has 7 heteroatoms. The van der Waals surface area contributed by atoms with Crippen molar-refractivity contribution in [2.45, 2.75) is 24.6 Å². The highest BCUT2D eigenvalue weighted by Crippen LogP contribution is 2.37. The Morgan fingerprint density at radius 3 is 2.60 bits per heavy atom. The molecule has 0 spiro atoms. The van der Waals surface area contributed by atoms with Gasteiger partial charge in [0.25, 0.3) is 0 Å². The highest BCUT2D eigenvalue weighted by atomic mass is 33.1. The monoisotopic (exact) mass is 269 g/mol. The largest absolute Gasteiger partial charge is 0.368 e. The summed E-state index contributed by atoms with van der Waals surface area (Å²) in [7, 11) is 5.28. The summed E-state index contributed by atoms with van der Waals surface area (Å²) in [6.45, 7) is 4.90. The van der Waals surface area contributed by atoms with Crippen LogP contribution in [0.1, 0.15) is 13.8 Å². The number of hydrogen-bond donors (Lipinski definition) is 4. The zero-order valence-electron chi connectivity index (χ0n) is 9.24. The lowest BCUT2D eigenvalue weighted by atomic mass is 10.0. The third-order valence-corrected chi connectivity index (χ3v) is 5.37. The Labute approximate surface area is 105 Å². The molecule has 0 aliphatic carbocycles. The van der Waals surface area contributed by atoms with Gasteiger partial charge < -0.3 is 11.1 Å². The first-order valence-electron chi connectivity index (χ1n) is 4.60. The summed E-state index contributed by atoms with van der Waals surface area (Å²) in [5.74, 6) is 0.611. The third kappa shape index (κ3) is 5.91. The van der Waals surface area contributed by atoms with Crippen LogP contribution in [0.4, 0.5) is 0 Å². The Morgan fingerprint density at radius 1 is 1.60 bits per heavy atom. The van der Waals surface area contributed by atoms with Crippen molar-refractivity contribution in [2.75, 3.05) is 19.3 Å². The molecule has 1 amide bonds. The van der Waals surface area contributed by atoms with Crippen molar-refractivity contribution in [1.29, 1.82) is 0 Å². The molecule has 0 aromatic rings. The van der Waals surface area contributed by atoms with Gasteiger partial charge in [-0.1, -0.05) is 34.4 Å². The van der Waals surface area contributed by atoms with Crippen LogP contribution in [0, 0.1) is 0 Å². The number of amides is 1. The molecule has 0 aromatic heterocycles. The van der Waals surface area contributed by atoms with Gasteiger partial charge in [0, 0.05) is 17.0 Å². The normalized spacial score (nSPS) is 13.9. The van der Waals surface area contributed by atoms with E-state index in [1.807, 2.05) is 20.9 Å². The van der Waals surface area contributed by atoms with E-state index in [0.29, 0.717) is 0 Å². The zero-order valence-corrected chi connectivity index (χ0v) is 11.8. The number of carbonyl (C=O) groups excluding carboxylic acids is 1. The molecule has 0 saturated heterocycles. The van der Waals surface area contributed by atoms with Crippen LogP contribution in [-0.4, -0.2) is 36.0 Å². The summed E-state index contributed by atoms with van der Waals surface area (Å²) in [4.78, 5) is 11.1. The van der Waals surface area contributed by atoms with E-state index in [2.05, 4.69) is 22.9 Å². The minimum absolute atomic E-state index is 0.272. The lowest BCUT2D eigenvalue weighted by molar-refractivity contribution is -0.120. The second kappa shape index (κ2) is 7.67. The van der Waals surface area contributed by atoms with E-state index in [4.69, 9.17) is 5.73 Å². The van der Waals surface area contributed by atoms with Crippen molar-refractivity contribution in [3.05, 3.63) is 0 Å². The molecular weight excluding hydrogens is 250 g/mol. The quantitative estimate of drug-likeness (QED) is 0.296. The highest BCUT2D eigenvalue weighted by molar-refractivity contribution is 8.77. The fraction of sp³-hybridized carbons (Fsp3) is 0.875. The lowest BCUT2D eigenvalue weighted by Crippen LogP contribution is -2.49. The van der Waals surface area contributed by atoms with Crippen LogP contribution >= 0.6 is 34.4 Å². The number of thiol groups is 1. The second-order valence-corrected chi connectivity index (χ2v) is 6.90. The zero-order chi connectivity index (χ0) is 11.9. The molecule has 4 N–H and O–H groups in total. The van der Waals surface area contributed by atoms with Crippen LogP contribution in [0.2, 0.25) is 0 Å². The molecule has 0 aliphatic heterocycles. The van der Waals surface area contributed by atoms with Gasteiger partial charge in [-0.05, 0) is 20.9 Å². The van der Waals surface area contributed by atoms with Crippen LogP contribution < -0.4 is 15.8 Å². The van der Waals surface area contributed by atoms with Gasteiger partial charge in [-0.2, -0.15) is 0 Å². The Balaban J connectivity index is 4.07.